The third-order valence-electron chi connectivity index (χ3n) is 3.21. The number of aromatic nitrogens is 1. The van der Waals surface area contributed by atoms with Crippen LogP contribution in [0.5, 0.6) is 0 Å². The van der Waals surface area contributed by atoms with Crippen molar-refractivity contribution in [3.63, 3.8) is 0 Å². The lowest BCUT2D eigenvalue weighted by Gasteiger charge is -2.31. The standard InChI is InChI=1S/C12H17N3O3S/c1-10(16)15-7-4-11(5-8-15)14-19(17,18)12-3-2-6-13-9-12/h2-3,6,9,11,14H,4-5,7-8H2,1H3. The molecule has 0 aliphatic carbocycles. The van der Waals surface area contributed by atoms with E-state index in [9.17, 15) is 13.2 Å². The number of carbonyl (C=O) groups is 1. The highest BCUT2D eigenvalue weighted by Gasteiger charge is 2.25. The molecular weight excluding hydrogens is 266 g/mol. The van der Waals surface area contributed by atoms with Gasteiger partial charge in [-0.15, -0.1) is 0 Å². The molecule has 19 heavy (non-hydrogen) atoms. The van der Waals surface area contributed by atoms with E-state index in [-0.39, 0.29) is 16.8 Å². The molecule has 1 aliphatic rings. The molecule has 1 aliphatic heterocycles. The van der Waals surface area contributed by atoms with Gasteiger partial charge in [0.1, 0.15) is 4.90 Å². The van der Waals surface area contributed by atoms with E-state index in [0.29, 0.717) is 25.9 Å². The number of hydrogen-bond acceptors (Lipinski definition) is 4. The van der Waals surface area contributed by atoms with Crippen LogP contribution in [0.1, 0.15) is 19.8 Å². The van der Waals surface area contributed by atoms with Gasteiger partial charge in [-0.1, -0.05) is 0 Å². The van der Waals surface area contributed by atoms with Gasteiger partial charge in [0.25, 0.3) is 0 Å². The van der Waals surface area contributed by atoms with Crippen LogP contribution in [0.25, 0.3) is 0 Å². The summed E-state index contributed by atoms with van der Waals surface area (Å²) < 4.78 is 26.8. The molecule has 1 saturated heterocycles. The predicted octanol–water partition coefficient (Wildman–Crippen LogP) is 0.371. The van der Waals surface area contributed by atoms with Crippen molar-refractivity contribution in [2.24, 2.45) is 0 Å². The highest BCUT2D eigenvalue weighted by Crippen LogP contribution is 2.14. The van der Waals surface area contributed by atoms with Crippen LogP contribution in [0, 0.1) is 0 Å². The van der Waals surface area contributed by atoms with Crippen molar-refractivity contribution in [2.75, 3.05) is 13.1 Å². The van der Waals surface area contributed by atoms with Crippen LogP contribution in [-0.2, 0) is 14.8 Å². The number of sulfonamides is 1. The number of pyridine rings is 1. The Morgan fingerprint density at radius 1 is 1.42 bits per heavy atom. The molecule has 1 N–H and O–H groups in total. The van der Waals surface area contributed by atoms with Crippen molar-refractivity contribution < 1.29 is 13.2 Å². The minimum absolute atomic E-state index is 0.0357. The van der Waals surface area contributed by atoms with E-state index in [0.717, 1.165) is 0 Å². The van der Waals surface area contributed by atoms with Crippen LogP contribution < -0.4 is 4.72 Å². The summed E-state index contributed by atoms with van der Waals surface area (Å²) in [6, 6.07) is 2.98. The summed E-state index contributed by atoms with van der Waals surface area (Å²) in [5.41, 5.74) is 0. The first-order chi connectivity index (χ1) is 8.99. The molecule has 0 aromatic carbocycles. The Bertz CT molecular complexity index is 537. The van der Waals surface area contributed by atoms with Crippen molar-refractivity contribution in [3.05, 3.63) is 24.5 Å². The van der Waals surface area contributed by atoms with Crippen LogP contribution in [-0.4, -0.2) is 43.3 Å². The first-order valence-electron chi connectivity index (χ1n) is 6.17. The summed E-state index contributed by atoms with van der Waals surface area (Å²) in [4.78, 5) is 16.9. The van der Waals surface area contributed by atoms with Crippen molar-refractivity contribution in [3.8, 4) is 0 Å². The molecule has 2 heterocycles. The molecule has 6 nitrogen and oxygen atoms in total. The monoisotopic (exact) mass is 283 g/mol. The Morgan fingerprint density at radius 3 is 2.63 bits per heavy atom. The third-order valence-corrected chi connectivity index (χ3v) is 4.71. The quantitative estimate of drug-likeness (QED) is 0.869. The van der Waals surface area contributed by atoms with Gasteiger partial charge in [-0.3, -0.25) is 9.78 Å². The molecular formula is C12H17N3O3S. The van der Waals surface area contributed by atoms with Crippen LogP contribution in [0.4, 0.5) is 0 Å². The largest absolute Gasteiger partial charge is 0.343 e. The molecule has 1 amide bonds. The molecule has 1 fully saturated rings. The van der Waals surface area contributed by atoms with Gasteiger partial charge in [0.05, 0.1) is 0 Å². The minimum atomic E-state index is -3.51. The second-order valence-corrected chi connectivity index (χ2v) is 6.30. The zero-order chi connectivity index (χ0) is 13.9. The molecule has 0 radical (unpaired) electrons. The maximum atomic E-state index is 12.1. The zero-order valence-corrected chi connectivity index (χ0v) is 11.6. The topological polar surface area (TPSA) is 79.4 Å². The van der Waals surface area contributed by atoms with E-state index in [1.54, 1.807) is 11.0 Å². The molecule has 0 spiro atoms. The first-order valence-corrected chi connectivity index (χ1v) is 7.65. The summed E-state index contributed by atoms with van der Waals surface area (Å²) >= 11 is 0. The maximum absolute atomic E-state index is 12.1. The van der Waals surface area contributed by atoms with Crippen molar-refractivity contribution in [1.82, 2.24) is 14.6 Å². The first kappa shape index (κ1) is 14.0. The number of amides is 1. The number of carbonyl (C=O) groups excluding carboxylic acids is 1. The summed E-state index contributed by atoms with van der Waals surface area (Å²) in [6.07, 6.45) is 4.13. The molecule has 0 bridgehead atoms. The number of nitrogens with one attached hydrogen (secondary N) is 1. The van der Waals surface area contributed by atoms with Crippen LogP contribution in [0.3, 0.4) is 0 Å². The Labute approximate surface area is 112 Å². The highest BCUT2D eigenvalue weighted by molar-refractivity contribution is 7.89. The molecule has 0 unspecified atom stereocenters. The predicted molar refractivity (Wildman–Crippen MR) is 69.8 cm³/mol. The smallest absolute Gasteiger partial charge is 0.242 e. The molecule has 1 aromatic rings. The minimum Gasteiger partial charge on any atom is -0.343 e. The Kier molecular flexibility index (Phi) is 4.16. The SMILES string of the molecule is CC(=O)N1CCC(NS(=O)(=O)c2cccnc2)CC1. The summed E-state index contributed by atoms with van der Waals surface area (Å²) in [7, 11) is -3.51. The number of likely N-dealkylation sites (tertiary alicyclic amines) is 1. The molecule has 1 aromatic heterocycles. The van der Waals surface area contributed by atoms with Gasteiger partial charge in [-0.2, -0.15) is 0 Å². The lowest BCUT2D eigenvalue weighted by atomic mass is 10.1. The fraction of sp³-hybridized carbons (Fsp3) is 0.500. The van der Waals surface area contributed by atoms with Crippen molar-refractivity contribution >= 4 is 15.9 Å². The van der Waals surface area contributed by atoms with E-state index in [2.05, 4.69) is 9.71 Å². The number of piperidine rings is 1. The second kappa shape index (κ2) is 5.66. The second-order valence-electron chi connectivity index (χ2n) is 4.59. The van der Waals surface area contributed by atoms with E-state index in [1.165, 1.54) is 25.4 Å². The third kappa shape index (κ3) is 3.51. The number of hydrogen-bond donors (Lipinski definition) is 1. The van der Waals surface area contributed by atoms with Gasteiger partial charge in [-0.25, -0.2) is 13.1 Å². The molecule has 7 heteroatoms. The number of nitrogens with zero attached hydrogens (tertiary/aromatic N) is 2. The van der Waals surface area contributed by atoms with E-state index < -0.39 is 10.0 Å². The molecule has 2 rings (SSSR count). The normalized spacial score (nSPS) is 17.4. The zero-order valence-electron chi connectivity index (χ0n) is 10.7. The van der Waals surface area contributed by atoms with Gasteiger partial charge < -0.3 is 4.90 Å². The Balaban J connectivity index is 1.98. The van der Waals surface area contributed by atoms with Gasteiger partial charge in [0, 0.05) is 38.4 Å². The van der Waals surface area contributed by atoms with Crippen LogP contribution in [0.15, 0.2) is 29.4 Å². The Hall–Kier alpha value is -1.47. The van der Waals surface area contributed by atoms with Gasteiger partial charge in [0.2, 0.25) is 15.9 Å². The van der Waals surface area contributed by atoms with Crippen molar-refractivity contribution in [1.29, 1.82) is 0 Å². The fourth-order valence-corrected chi connectivity index (χ4v) is 3.37. The summed E-state index contributed by atoms with van der Waals surface area (Å²) in [5.74, 6) is 0.0357. The van der Waals surface area contributed by atoms with Crippen LogP contribution in [0.2, 0.25) is 0 Å². The van der Waals surface area contributed by atoms with Crippen LogP contribution >= 0.6 is 0 Å². The highest BCUT2D eigenvalue weighted by atomic mass is 32.2. The fourth-order valence-electron chi connectivity index (χ4n) is 2.11. The summed E-state index contributed by atoms with van der Waals surface area (Å²) in [5, 5.41) is 0. The van der Waals surface area contributed by atoms with E-state index in [1.807, 2.05) is 0 Å². The molecule has 104 valence electrons. The van der Waals surface area contributed by atoms with Gasteiger partial charge >= 0.3 is 0 Å². The van der Waals surface area contributed by atoms with Gasteiger partial charge in [-0.05, 0) is 25.0 Å². The lowest BCUT2D eigenvalue weighted by Crippen LogP contribution is -2.45. The maximum Gasteiger partial charge on any atom is 0.242 e. The number of rotatable bonds is 3. The van der Waals surface area contributed by atoms with E-state index in [4.69, 9.17) is 0 Å². The average molecular weight is 283 g/mol. The molecule has 0 atom stereocenters. The van der Waals surface area contributed by atoms with E-state index >= 15 is 0 Å². The lowest BCUT2D eigenvalue weighted by molar-refractivity contribution is -0.129. The molecule has 0 saturated carbocycles. The Morgan fingerprint density at radius 2 is 2.11 bits per heavy atom. The summed E-state index contributed by atoms with van der Waals surface area (Å²) in [6.45, 7) is 2.71. The average Bonchev–Trinajstić information content (AvgIpc) is 2.40. The van der Waals surface area contributed by atoms with Gasteiger partial charge in [0.15, 0.2) is 0 Å². The van der Waals surface area contributed by atoms with Crippen molar-refractivity contribution in [2.45, 2.75) is 30.7 Å².